The molecule has 19 heavy (non-hydrogen) atoms. The van der Waals surface area contributed by atoms with Crippen molar-refractivity contribution in [3.05, 3.63) is 28.2 Å². The van der Waals surface area contributed by atoms with Crippen LogP contribution in [0.25, 0.3) is 0 Å². The van der Waals surface area contributed by atoms with E-state index in [0.717, 1.165) is 10.0 Å². The molecule has 3 N–H and O–H groups in total. The Hall–Kier alpha value is -1.06. The van der Waals surface area contributed by atoms with E-state index in [1.807, 2.05) is 18.2 Å². The van der Waals surface area contributed by atoms with Crippen molar-refractivity contribution in [1.29, 1.82) is 0 Å². The molecule has 1 aromatic rings. The van der Waals surface area contributed by atoms with Crippen molar-refractivity contribution in [2.24, 2.45) is 0 Å². The third kappa shape index (κ3) is 5.62. The minimum absolute atomic E-state index is 0.211. The van der Waals surface area contributed by atoms with E-state index >= 15 is 0 Å². The van der Waals surface area contributed by atoms with E-state index in [2.05, 4.69) is 27.2 Å². The third-order valence-electron chi connectivity index (χ3n) is 2.50. The van der Waals surface area contributed by atoms with Gasteiger partial charge in [-0.05, 0) is 25.1 Å². The molecular formula is C14H18BrNO3. The van der Waals surface area contributed by atoms with Crippen molar-refractivity contribution >= 4 is 15.9 Å². The number of hydrogen-bond acceptors (Lipinski definition) is 4. The highest BCUT2D eigenvalue weighted by Crippen LogP contribution is 2.23. The summed E-state index contributed by atoms with van der Waals surface area (Å²) in [6.07, 6.45) is 5.17. The molecule has 104 valence electrons. The van der Waals surface area contributed by atoms with E-state index < -0.39 is 5.60 Å². The van der Waals surface area contributed by atoms with Gasteiger partial charge in [-0.3, -0.25) is 0 Å². The maximum Gasteiger partial charge on any atom is 0.148 e. The van der Waals surface area contributed by atoms with Gasteiger partial charge < -0.3 is 20.3 Å². The molecule has 0 spiro atoms. The predicted octanol–water partition coefficient (Wildman–Crippen LogP) is 1.29. The Kier molecular flexibility index (Phi) is 6.32. The summed E-state index contributed by atoms with van der Waals surface area (Å²) in [5.41, 5.74) is -0.204. The molecular weight excluding hydrogens is 310 g/mol. The van der Waals surface area contributed by atoms with Crippen LogP contribution in [0, 0.1) is 12.3 Å². The van der Waals surface area contributed by atoms with E-state index in [1.165, 1.54) is 0 Å². The SMILES string of the molecule is C#CCOc1ccc(Br)cc1CNCC(C)(O)CO. The highest BCUT2D eigenvalue weighted by atomic mass is 79.9. The van der Waals surface area contributed by atoms with Gasteiger partial charge in [0.2, 0.25) is 0 Å². The molecule has 1 atom stereocenters. The van der Waals surface area contributed by atoms with Crippen LogP contribution in [0.1, 0.15) is 12.5 Å². The lowest BCUT2D eigenvalue weighted by Gasteiger charge is -2.21. The number of benzene rings is 1. The molecule has 0 aromatic heterocycles. The van der Waals surface area contributed by atoms with E-state index in [-0.39, 0.29) is 19.8 Å². The average molecular weight is 328 g/mol. The van der Waals surface area contributed by atoms with Crippen LogP contribution in [-0.4, -0.2) is 35.6 Å². The van der Waals surface area contributed by atoms with Gasteiger partial charge in [0.15, 0.2) is 0 Å². The van der Waals surface area contributed by atoms with Crippen molar-refractivity contribution in [2.45, 2.75) is 19.1 Å². The fourth-order valence-electron chi connectivity index (χ4n) is 1.47. The molecule has 0 radical (unpaired) electrons. The highest BCUT2D eigenvalue weighted by Gasteiger charge is 2.18. The molecule has 0 fully saturated rings. The first-order valence-corrected chi connectivity index (χ1v) is 6.66. The summed E-state index contributed by atoms with van der Waals surface area (Å²) in [6.45, 7) is 2.28. The number of hydrogen-bond donors (Lipinski definition) is 3. The zero-order valence-corrected chi connectivity index (χ0v) is 12.4. The quantitative estimate of drug-likeness (QED) is 0.660. The Morgan fingerprint density at radius 3 is 2.89 bits per heavy atom. The summed E-state index contributed by atoms with van der Waals surface area (Å²) in [5, 5.41) is 21.7. The van der Waals surface area contributed by atoms with E-state index in [0.29, 0.717) is 12.3 Å². The first-order chi connectivity index (χ1) is 8.98. The van der Waals surface area contributed by atoms with Gasteiger partial charge in [0, 0.05) is 23.1 Å². The number of nitrogens with one attached hydrogen (secondary N) is 1. The van der Waals surface area contributed by atoms with Gasteiger partial charge in [-0.25, -0.2) is 0 Å². The van der Waals surface area contributed by atoms with Crippen molar-refractivity contribution in [1.82, 2.24) is 5.32 Å². The highest BCUT2D eigenvalue weighted by molar-refractivity contribution is 9.10. The second-order valence-corrected chi connectivity index (χ2v) is 5.42. The van der Waals surface area contributed by atoms with Crippen molar-refractivity contribution in [2.75, 3.05) is 19.8 Å². The Bertz CT molecular complexity index is 454. The number of aliphatic hydroxyl groups is 2. The zero-order chi connectivity index (χ0) is 14.3. The molecule has 0 saturated heterocycles. The normalized spacial score (nSPS) is 13.6. The molecule has 4 nitrogen and oxygen atoms in total. The van der Waals surface area contributed by atoms with Crippen molar-refractivity contribution in [3.8, 4) is 18.1 Å². The van der Waals surface area contributed by atoms with E-state index in [4.69, 9.17) is 16.3 Å². The molecule has 0 heterocycles. The van der Waals surface area contributed by atoms with Gasteiger partial charge >= 0.3 is 0 Å². The average Bonchev–Trinajstić information content (AvgIpc) is 2.38. The van der Waals surface area contributed by atoms with Crippen LogP contribution in [0.2, 0.25) is 0 Å². The van der Waals surface area contributed by atoms with Crippen LogP contribution in [0.5, 0.6) is 5.75 Å². The number of ether oxygens (including phenoxy) is 1. The summed E-state index contributed by atoms with van der Waals surface area (Å²) in [6, 6.07) is 5.63. The molecule has 0 aliphatic heterocycles. The number of aliphatic hydroxyl groups excluding tert-OH is 1. The van der Waals surface area contributed by atoms with Gasteiger partial charge in [0.25, 0.3) is 0 Å². The van der Waals surface area contributed by atoms with Gasteiger partial charge in [-0.1, -0.05) is 21.9 Å². The van der Waals surface area contributed by atoms with Gasteiger partial charge in [-0.2, -0.15) is 0 Å². The summed E-state index contributed by atoms with van der Waals surface area (Å²) in [5.74, 6) is 3.13. The summed E-state index contributed by atoms with van der Waals surface area (Å²) in [4.78, 5) is 0. The fourth-order valence-corrected chi connectivity index (χ4v) is 1.88. The first kappa shape index (κ1) is 16.0. The Balaban J connectivity index is 2.65. The second kappa shape index (κ2) is 7.51. The Labute approximate surface area is 121 Å². The summed E-state index contributed by atoms with van der Waals surface area (Å²) >= 11 is 3.40. The maximum atomic E-state index is 9.69. The van der Waals surface area contributed by atoms with E-state index in [9.17, 15) is 5.11 Å². The molecule has 0 aliphatic carbocycles. The predicted molar refractivity (Wildman–Crippen MR) is 77.9 cm³/mol. The van der Waals surface area contributed by atoms with Crippen molar-refractivity contribution in [3.63, 3.8) is 0 Å². The topological polar surface area (TPSA) is 61.7 Å². The van der Waals surface area contributed by atoms with Crippen molar-refractivity contribution < 1.29 is 14.9 Å². The molecule has 0 aliphatic rings. The molecule has 1 unspecified atom stereocenters. The number of rotatable bonds is 7. The first-order valence-electron chi connectivity index (χ1n) is 5.87. The van der Waals surface area contributed by atoms with Crippen LogP contribution in [0.3, 0.4) is 0 Å². The molecule has 1 aromatic carbocycles. The maximum absolute atomic E-state index is 9.69. The second-order valence-electron chi connectivity index (χ2n) is 4.50. The van der Waals surface area contributed by atoms with Gasteiger partial charge in [0.05, 0.1) is 12.2 Å². The monoisotopic (exact) mass is 327 g/mol. The Morgan fingerprint density at radius 2 is 2.26 bits per heavy atom. The molecule has 0 bridgehead atoms. The summed E-state index contributed by atoms with van der Waals surface area (Å²) < 4.78 is 6.38. The lowest BCUT2D eigenvalue weighted by atomic mass is 10.1. The largest absolute Gasteiger partial charge is 0.481 e. The van der Waals surface area contributed by atoms with Gasteiger partial charge in [0.1, 0.15) is 12.4 Å². The zero-order valence-electron chi connectivity index (χ0n) is 10.8. The van der Waals surface area contributed by atoms with E-state index in [1.54, 1.807) is 6.92 Å². The number of halogens is 1. The fraction of sp³-hybridized carbons (Fsp3) is 0.429. The van der Waals surface area contributed by atoms with Crippen LogP contribution in [0.4, 0.5) is 0 Å². The van der Waals surface area contributed by atoms with Crippen LogP contribution in [0.15, 0.2) is 22.7 Å². The molecule has 1 rings (SSSR count). The molecule has 0 saturated carbocycles. The lowest BCUT2D eigenvalue weighted by molar-refractivity contribution is 0.00250. The third-order valence-corrected chi connectivity index (χ3v) is 2.99. The minimum atomic E-state index is -1.13. The minimum Gasteiger partial charge on any atom is -0.481 e. The standard InChI is InChI=1S/C14H18BrNO3/c1-3-6-19-13-5-4-12(15)7-11(13)8-16-9-14(2,18)10-17/h1,4-5,7,16-18H,6,8-10H2,2H3. The smallest absolute Gasteiger partial charge is 0.148 e. The van der Waals surface area contributed by atoms with Gasteiger partial charge in [-0.15, -0.1) is 6.42 Å². The molecule has 0 amide bonds. The lowest BCUT2D eigenvalue weighted by Crippen LogP contribution is -2.40. The Morgan fingerprint density at radius 1 is 1.53 bits per heavy atom. The van der Waals surface area contributed by atoms with Crippen LogP contribution < -0.4 is 10.1 Å². The molecule has 5 heteroatoms. The van der Waals surface area contributed by atoms with Crippen LogP contribution >= 0.6 is 15.9 Å². The number of terminal acetylenes is 1. The van der Waals surface area contributed by atoms with Crippen LogP contribution in [-0.2, 0) is 6.54 Å². The summed E-state index contributed by atoms with van der Waals surface area (Å²) in [7, 11) is 0.